The maximum absolute atomic E-state index is 13.0. The molecule has 0 radical (unpaired) electrons. The summed E-state index contributed by atoms with van der Waals surface area (Å²) in [6, 6.07) is 3.15. The third kappa shape index (κ3) is 3.08. The van der Waals surface area contributed by atoms with Crippen molar-refractivity contribution in [1.82, 2.24) is 24.8 Å². The fourth-order valence-corrected chi connectivity index (χ4v) is 2.42. The van der Waals surface area contributed by atoms with Gasteiger partial charge in [-0.3, -0.25) is 5.01 Å². The molecule has 0 N–H and O–H groups in total. The van der Waals surface area contributed by atoms with Crippen LogP contribution in [0.3, 0.4) is 0 Å². The van der Waals surface area contributed by atoms with Gasteiger partial charge >= 0.3 is 6.09 Å². The number of aromatic nitrogens is 4. The molecule has 1 aliphatic rings. The van der Waals surface area contributed by atoms with Crippen molar-refractivity contribution in [3.05, 3.63) is 18.0 Å². The smallest absolute Gasteiger partial charge is 0.429 e. The van der Waals surface area contributed by atoms with Crippen LogP contribution in [0, 0.1) is 0 Å². The normalized spacial score (nSPS) is 15.6. The van der Waals surface area contributed by atoms with Gasteiger partial charge in [0.25, 0.3) is 6.43 Å². The molecule has 0 atom stereocenters. The summed E-state index contributed by atoms with van der Waals surface area (Å²) >= 11 is 0. The molecular formula is C14H18F2N6O2. The first-order valence-electron chi connectivity index (χ1n) is 7.55. The number of carbonyl (C=O) groups is 1. The zero-order valence-electron chi connectivity index (χ0n) is 13.6. The molecule has 0 aliphatic carbocycles. The molecule has 0 spiro atoms. The largest absolute Gasteiger partial charge is 0.442 e. The van der Waals surface area contributed by atoms with Gasteiger partial charge in [-0.25, -0.2) is 18.6 Å². The highest BCUT2D eigenvalue weighted by atomic mass is 19.3. The van der Waals surface area contributed by atoms with Crippen LogP contribution in [0.4, 0.5) is 19.4 Å². The molecule has 0 unspecified atom stereocenters. The minimum atomic E-state index is -2.79. The van der Waals surface area contributed by atoms with Crippen molar-refractivity contribution in [3.63, 3.8) is 0 Å². The third-order valence-electron chi connectivity index (χ3n) is 3.37. The summed E-state index contributed by atoms with van der Waals surface area (Å²) in [5, 5.41) is 14.3. The van der Waals surface area contributed by atoms with E-state index in [0.717, 1.165) is 10.9 Å². The van der Waals surface area contributed by atoms with Crippen LogP contribution in [0.25, 0.3) is 5.65 Å². The number of hydrogen-bond donors (Lipinski definition) is 0. The molecule has 2 aromatic heterocycles. The molecule has 2 aromatic rings. The van der Waals surface area contributed by atoms with Crippen molar-refractivity contribution in [2.75, 3.05) is 18.1 Å². The summed E-state index contributed by atoms with van der Waals surface area (Å²) in [7, 11) is 0. The maximum atomic E-state index is 13.0. The number of ether oxygens (including phenoxy) is 1. The summed E-state index contributed by atoms with van der Waals surface area (Å²) in [4.78, 5) is 12.3. The van der Waals surface area contributed by atoms with E-state index in [4.69, 9.17) is 4.74 Å². The molecule has 10 heteroatoms. The number of nitrogens with zero attached hydrogens (tertiary/aromatic N) is 6. The first-order valence-corrected chi connectivity index (χ1v) is 7.55. The Morgan fingerprint density at radius 3 is 2.67 bits per heavy atom. The Morgan fingerprint density at radius 1 is 1.25 bits per heavy atom. The van der Waals surface area contributed by atoms with Crippen LogP contribution in [0.2, 0.25) is 0 Å². The molecule has 1 aliphatic heterocycles. The highest BCUT2D eigenvalue weighted by Gasteiger charge is 2.32. The fourth-order valence-electron chi connectivity index (χ4n) is 2.42. The molecule has 1 saturated heterocycles. The van der Waals surface area contributed by atoms with Crippen LogP contribution in [0.5, 0.6) is 0 Å². The maximum Gasteiger partial charge on any atom is 0.429 e. The predicted molar refractivity (Wildman–Crippen MR) is 80.6 cm³/mol. The highest BCUT2D eigenvalue weighted by Crippen LogP contribution is 2.24. The lowest BCUT2D eigenvalue weighted by molar-refractivity contribution is 0.0272. The Kier molecular flexibility index (Phi) is 3.98. The van der Waals surface area contributed by atoms with Crippen LogP contribution in [0.1, 0.15) is 39.4 Å². The van der Waals surface area contributed by atoms with Crippen LogP contribution in [-0.2, 0) is 4.74 Å². The van der Waals surface area contributed by atoms with Gasteiger partial charge in [-0.05, 0) is 39.3 Å². The van der Waals surface area contributed by atoms with Crippen LogP contribution < -0.4 is 5.01 Å². The van der Waals surface area contributed by atoms with Crippen LogP contribution >= 0.6 is 0 Å². The fraction of sp³-hybridized carbons (Fsp3) is 0.571. The number of alkyl halides is 2. The molecule has 0 saturated carbocycles. The van der Waals surface area contributed by atoms with Gasteiger partial charge in [-0.1, -0.05) is 0 Å². The van der Waals surface area contributed by atoms with E-state index in [-0.39, 0.29) is 5.65 Å². The van der Waals surface area contributed by atoms with E-state index in [2.05, 4.69) is 15.3 Å². The molecule has 0 aromatic carbocycles. The molecule has 1 fully saturated rings. The van der Waals surface area contributed by atoms with Gasteiger partial charge in [-0.15, -0.1) is 15.3 Å². The SMILES string of the molecule is CC(C)(C)OC(=O)N1CCCN1c1ccc2nnc(C(F)F)n2n1. The van der Waals surface area contributed by atoms with Gasteiger partial charge in [0.05, 0.1) is 0 Å². The van der Waals surface area contributed by atoms with E-state index in [9.17, 15) is 13.6 Å². The topological polar surface area (TPSA) is 75.9 Å². The van der Waals surface area contributed by atoms with Gasteiger partial charge in [0.15, 0.2) is 11.5 Å². The second-order valence-corrected chi connectivity index (χ2v) is 6.40. The van der Waals surface area contributed by atoms with Gasteiger partial charge in [-0.2, -0.15) is 4.52 Å². The van der Waals surface area contributed by atoms with Crippen LogP contribution in [0.15, 0.2) is 12.1 Å². The standard InChI is InChI=1S/C14H18F2N6O2/c1-14(2,3)24-13(23)21-8-4-7-20(21)10-6-5-9-17-18-12(11(15)16)22(9)19-10/h5-6,11H,4,7-8H2,1-3H3. The minimum absolute atomic E-state index is 0.220. The number of carbonyl (C=O) groups excluding carboxylic acids is 1. The number of amides is 1. The van der Waals surface area contributed by atoms with Gasteiger partial charge in [0.1, 0.15) is 5.60 Å². The van der Waals surface area contributed by atoms with Crippen molar-refractivity contribution >= 4 is 17.6 Å². The Balaban J connectivity index is 1.91. The summed E-state index contributed by atoms with van der Waals surface area (Å²) in [6.45, 7) is 6.34. The minimum Gasteiger partial charge on any atom is -0.442 e. The van der Waals surface area contributed by atoms with Crippen molar-refractivity contribution < 1.29 is 18.3 Å². The monoisotopic (exact) mass is 340 g/mol. The van der Waals surface area contributed by atoms with E-state index >= 15 is 0 Å². The quantitative estimate of drug-likeness (QED) is 0.836. The van der Waals surface area contributed by atoms with Gasteiger partial charge < -0.3 is 4.74 Å². The number of hydrogen-bond acceptors (Lipinski definition) is 6. The van der Waals surface area contributed by atoms with Crippen molar-refractivity contribution in [3.8, 4) is 0 Å². The van der Waals surface area contributed by atoms with Crippen LogP contribution in [-0.4, -0.2) is 49.6 Å². The lowest BCUT2D eigenvalue weighted by Crippen LogP contribution is -2.44. The second-order valence-electron chi connectivity index (χ2n) is 6.40. The Morgan fingerprint density at radius 2 is 2.00 bits per heavy atom. The third-order valence-corrected chi connectivity index (χ3v) is 3.37. The predicted octanol–water partition coefficient (Wildman–Crippen LogP) is 2.42. The molecule has 3 rings (SSSR count). The highest BCUT2D eigenvalue weighted by molar-refractivity contribution is 5.71. The molecule has 130 valence electrons. The average molecular weight is 340 g/mol. The van der Waals surface area contributed by atoms with E-state index in [1.165, 1.54) is 11.1 Å². The first kappa shape index (κ1) is 16.3. The van der Waals surface area contributed by atoms with Crippen molar-refractivity contribution in [1.29, 1.82) is 0 Å². The summed E-state index contributed by atoms with van der Waals surface area (Å²) < 4.78 is 32.3. The number of hydrazine groups is 1. The lowest BCUT2D eigenvalue weighted by atomic mass is 10.2. The first-order chi connectivity index (χ1) is 11.3. The summed E-state index contributed by atoms with van der Waals surface area (Å²) in [5.41, 5.74) is -0.406. The molecule has 3 heterocycles. The molecule has 8 nitrogen and oxygen atoms in total. The molecular weight excluding hydrogens is 322 g/mol. The molecule has 0 bridgehead atoms. The Bertz CT molecular complexity index is 757. The van der Waals surface area contributed by atoms with E-state index in [1.54, 1.807) is 31.8 Å². The van der Waals surface area contributed by atoms with Gasteiger partial charge in [0, 0.05) is 13.1 Å². The van der Waals surface area contributed by atoms with Crippen molar-refractivity contribution in [2.24, 2.45) is 0 Å². The number of rotatable bonds is 2. The number of halogens is 2. The van der Waals surface area contributed by atoms with Gasteiger partial charge in [0.2, 0.25) is 5.82 Å². The molecule has 1 amide bonds. The van der Waals surface area contributed by atoms with E-state index in [0.29, 0.717) is 18.9 Å². The number of anilines is 1. The van der Waals surface area contributed by atoms with Crippen molar-refractivity contribution in [2.45, 2.75) is 39.2 Å². The van der Waals surface area contributed by atoms with E-state index in [1.807, 2.05) is 0 Å². The Labute approximate surface area is 137 Å². The Hall–Kier alpha value is -2.52. The number of fused-ring (bicyclic) bond motifs is 1. The zero-order chi connectivity index (χ0) is 17.5. The zero-order valence-corrected chi connectivity index (χ0v) is 13.6. The van der Waals surface area contributed by atoms with E-state index < -0.39 is 23.9 Å². The summed E-state index contributed by atoms with van der Waals surface area (Å²) in [6.07, 6.45) is -2.56. The summed E-state index contributed by atoms with van der Waals surface area (Å²) in [5.74, 6) is -0.178. The molecule has 24 heavy (non-hydrogen) atoms. The average Bonchev–Trinajstić information content (AvgIpc) is 3.11. The second kappa shape index (κ2) is 5.84. The lowest BCUT2D eigenvalue weighted by Gasteiger charge is -2.30.